The summed E-state index contributed by atoms with van der Waals surface area (Å²) in [5, 5.41) is 0. The molecule has 0 spiro atoms. The van der Waals surface area contributed by atoms with Gasteiger partial charge in [0.2, 0.25) is 0 Å². The van der Waals surface area contributed by atoms with Gasteiger partial charge in [0, 0.05) is 26.7 Å². The first-order valence-electron chi connectivity index (χ1n) is 8.46. The molecule has 2 aliphatic heterocycles. The number of piperidine rings is 1. The third-order valence-corrected chi connectivity index (χ3v) is 4.97. The first kappa shape index (κ1) is 16.4. The van der Waals surface area contributed by atoms with Crippen molar-refractivity contribution in [2.45, 2.75) is 31.6 Å². The maximum atomic E-state index is 13.1. The fourth-order valence-corrected chi connectivity index (χ4v) is 3.68. The maximum Gasteiger partial charge on any atom is 0.256 e. The smallest absolute Gasteiger partial charge is 0.256 e. The van der Waals surface area contributed by atoms with Crippen molar-refractivity contribution in [1.82, 2.24) is 9.80 Å². The molecule has 0 bridgehead atoms. The Hall–Kier alpha value is -1.43. The Morgan fingerprint density at radius 1 is 1.35 bits per heavy atom. The van der Waals surface area contributed by atoms with Crippen molar-refractivity contribution in [2.75, 3.05) is 39.9 Å². The topological polar surface area (TPSA) is 42.0 Å². The zero-order valence-electron chi connectivity index (χ0n) is 14.0. The van der Waals surface area contributed by atoms with Crippen LogP contribution in [-0.2, 0) is 14.3 Å². The molecule has 2 fully saturated rings. The summed E-state index contributed by atoms with van der Waals surface area (Å²) in [6.07, 6.45) is 0.559. The number of fused-ring (bicyclic) bond motifs is 1. The largest absolute Gasteiger partial charge is 0.373 e. The molecule has 3 atom stereocenters. The Balaban J connectivity index is 1.75. The standard InChI is InChI=1S/C18H26N2O3/c1-3-19-10-9-15-16(13-19)23-12-11-20(15)18(21)17(22-2)14-7-5-4-6-8-14/h4-8,15-17H,3,9-13H2,1-2H3/t15-,16-,17+/m0/s1. The first-order valence-corrected chi connectivity index (χ1v) is 8.46. The van der Waals surface area contributed by atoms with Crippen molar-refractivity contribution in [3.05, 3.63) is 35.9 Å². The molecule has 2 heterocycles. The Labute approximate surface area is 138 Å². The van der Waals surface area contributed by atoms with Gasteiger partial charge in [-0.05, 0) is 18.5 Å². The molecule has 0 aliphatic carbocycles. The van der Waals surface area contributed by atoms with Gasteiger partial charge >= 0.3 is 0 Å². The lowest BCUT2D eigenvalue weighted by Crippen LogP contribution is -2.61. The number of benzene rings is 1. The number of carbonyl (C=O) groups is 1. The lowest BCUT2D eigenvalue weighted by Gasteiger charge is -2.47. The molecule has 2 saturated heterocycles. The fraction of sp³-hybridized carbons (Fsp3) is 0.611. The van der Waals surface area contributed by atoms with Crippen LogP contribution < -0.4 is 0 Å². The maximum absolute atomic E-state index is 13.1. The van der Waals surface area contributed by atoms with E-state index in [0.29, 0.717) is 13.2 Å². The van der Waals surface area contributed by atoms with E-state index in [9.17, 15) is 4.79 Å². The molecule has 1 aromatic rings. The minimum absolute atomic E-state index is 0.0574. The van der Waals surface area contributed by atoms with E-state index in [4.69, 9.17) is 9.47 Å². The van der Waals surface area contributed by atoms with Crippen LogP contribution in [0.4, 0.5) is 0 Å². The van der Waals surface area contributed by atoms with E-state index in [0.717, 1.165) is 31.6 Å². The average molecular weight is 318 g/mol. The van der Waals surface area contributed by atoms with E-state index in [-0.39, 0.29) is 18.1 Å². The van der Waals surface area contributed by atoms with Gasteiger partial charge in [-0.15, -0.1) is 0 Å². The van der Waals surface area contributed by atoms with Crippen molar-refractivity contribution >= 4 is 5.91 Å². The van der Waals surface area contributed by atoms with Crippen molar-refractivity contribution in [3.63, 3.8) is 0 Å². The average Bonchev–Trinajstić information content (AvgIpc) is 2.62. The fourth-order valence-electron chi connectivity index (χ4n) is 3.68. The summed E-state index contributed by atoms with van der Waals surface area (Å²) in [4.78, 5) is 17.4. The Kier molecular flexibility index (Phi) is 5.30. The van der Waals surface area contributed by atoms with E-state index in [1.807, 2.05) is 35.2 Å². The first-order chi connectivity index (χ1) is 11.2. The zero-order valence-corrected chi connectivity index (χ0v) is 14.0. The van der Waals surface area contributed by atoms with Crippen LogP contribution in [-0.4, -0.2) is 67.7 Å². The van der Waals surface area contributed by atoms with Crippen LogP contribution in [0.3, 0.4) is 0 Å². The zero-order chi connectivity index (χ0) is 16.2. The summed E-state index contributed by atoms with van der Waals surface area (Å²) in [6.45, 7) is 6.39. The number of carbonyl (C=O) groups excluding carboxylic acids is 1. The lowest BCUT2D eigenvalue weighted by atomic mass is 9.97. The Bertz CT molecular complexity index is 522. The number of hydrogen-bond acceptors (Lipinski definition) is 4. The SMILES string of the molecule is CCN1CC[C@H]2[C@H](C1)OCCN2C(=O)[C@H](OC)c1ccccc1. The number of methoxy groups -OCH3 is 1. The highest BCUT2D eigenvalue weighted by atomic mass is 16.5. The quantitative estimate of drug-likeness (QED) is 0.847. The molecule has 5 heteroatoms. The summed E-state index contributed by atoms with van der Waals surface area (Å²) in [5.74, 6) is 0.0574. The van der Waals surface area contributed by atoms with Crippen molar-refractivity contribution in [2.24, 2.45) is 0 Å². The minimum atomic E-state index is -0.529. The molecule has 1 amide bonds. The number of hydrogen-bond donors (Lipinski definition) is 0. The second-order valence-corrected chi connectivity index (χ2v) is 6.22. The number of amides is 1. The molecule has 0 unspecified atom stereocenters. The molecule has 5 nitrogen and oxygen atoms in total. The molecule has 0 radical (unpaired) electrons. The van der Waals surface area contributed by atoms with E-state index in [1.54, 1.807) is 7.11 Å². The molecular weight excluding hydrogens is 292 g/mol. The minimum Gasteiger partial charge on any atom is -0.373 e. The molecule has 0 saturated carbocycles. The van der Waals surface area contributed by atoms with Gasteiger partial charge in [-0.1, -0.05) is 37.3 Å². The van der Waals surface area contributed by atoms with Gasteiger partial charge in [0.15, 0.2) is 6.10 Å². The van der Waals surface area contributed by atoms with E-state index in [1.165, 1.54) is 0 Å². The van der Waals surface area contributed by atoms with Crippen LogP contribution in [0.15, 0.2) is 30.3 Å². The van der Waals surface area contributed by atoms with Crippen LogP contribution in [0, 0.1) is 0 Å². The summed E-state index contributed by atoms with van der Waals surface area (Å²) >= 11 is 0. The van der Waals surface area contributed by atoms with E-state index < -0.39 is 6.10 Å². The van der Waals surface area contributed by atoms with Crippen LogP contribution in [0.1, 0.15) is 25.0 Å². The number of likely N-dealkylation sites (N-methyl/N-ethyl adjacent to an activating group) is 1. The number of rotatable bonds is 4. The van der Waals surface area contributed by atoms with Gasteiger partial charge in [-0.3, -0.25) is 4.79 Å². The van der Waals surface area contributed by atoms with Crippen molar-refractivity contribution < 1.29 is 14.3 Å². The van der Waals surface area contributed by atoms with E-state index in [2.05, 4.69) is 11.8 Å². The van der Waals surface area contributed by atoms with Gasteiger partial charge in [-0.2, -0.15) is 0 Å². The van der Waals surface area contributed by atoms with Crippen LogP contribution in [0.25, 0.3) is 0 Å². The van der Waals surface area contributed by atoms with Gasteiger partial charge in [-0.25, -0.2) is 0 Å². The van der Waals surface area contributed by atoms with Gasteiger partial charge in [0.05, 0.1) is 18.8 Å². The highest BCUT2D eigenvalue weighted by Gasteiger charge is 2.40. The second kappa shape index (κ2) is 7.43. The van der Waals surface area contributed by atoms with Crippen molar-refractivity contribution in [1.29, 1.82) is 0 Å². The Morgan fingerprint density at radius 3 is 2.83 bits per heavy atom. The molecule has 126 valence electrons. The molecule has 23 heavy (non-hydrogen) atoms. The summed E-state index contributed by atoms with van der Waals surface area (Å²) in [5.41, 5.74) is 0.911. The normalized spacial score (nSPS) is 26.6. The molecule has 1 aromatic carbocycles. The predicted molar refractivity (Wildman–Crippen MR) is 88.2 cm³/mol. The van der Waals surface area contributed by atoms with Crippen LogP contribution in [0.2, 0.25) is 0 Å². The monoisotopic (exact) mass is 318 g/mol. The summed E-state index contributed by atoms with van der Waals surface area (Å²) in [7, 11) is 1.60. The van der Waals surface area contributed by atoms with Gasteiger partial charge < -0.3 is 19.3 Å². The van der Waals surface area contributed by atoms with Gasteiger partial charge in [0.1, 0.15) is 0 Å². The molecule has 2 aliphatic rings. The number of nitrogens with zero attached hydrogens (tertiary/aromatic N) is 2. The third-order valence-electron chi connectivity index (χ3n) is 4.97. The Morgan fingerprint density at radius 2 is 2.13 bits per heavy atom. The highest BCUT2D eigenvalue weighted by Crippen LogP contribution is 2.27. The van der Waals surface area contributed by atoms with Crippen LogP contribution >= 0.6 is 0 Å². The number of morpholine rings is 1. The molecule has 3 rings (SSSR count). The second-order valence-electron chi connectivity index (χ2n) is 6.22. The van der Waals surface area contributed by atoms with Crippen molar-refractivity contribution in [3.8, 4) is 0 Å². The van der Waals surface area contributed by atoms with E-state index >= 15 is 0 Å². The number of likely N-dealkylation sites (tertiary alicyclic amines) is 1. The summed E-state index contributed by atoms with van der Waals surface area (Å²) in [6, 6.07) is 9.90. The molecule has 0 aromatic heterocycles. The third kappa shape index (κ3) is 3.42. The van der Waals surface area contributed by atoms with Gasteiger partial charge in [0.25, 0.3) is 5.91 Å². The summed E-state index contributed by atoms with van der Waals surface area (Å²) < 4.78 is 11.5. The highest BCUT2D eigenvalue weighted by molar-refractivity contribution is 5.82. The predicted octanol–water partition coefficient (Wildman–Crippen LogP) is 1.70. The number of ether oxygens (including phenoxy) is 2. The molecule has 0 N–H and O–H groups in total. The molecular formula is C18H26N2O3. The van der Waals surface area contributed by atoms with Crippen LogP contribution in [0.5, 0.6) is 0 Å². The lowest BCUT2D eigenvalue weighted by molar-refractivity contribution is -0.162.